The Morgan fingerprint density at radius 3 is 2.57 bits per heavy atom. The third-order valence-corrected chi connectivity index (χ3v) is 7.21. The van der Waals surface area contributed by atoms with Crippen LogP contribution in [-0.4, -0.2) is 50.9 Å². The number of pyridine rings is 1. The van der Waals surface area contributed by atoms with Gasteiger partial charge in [0.25, 0.3) is 11.8 Å². The average Bonchev–Trinajstić information content (AvgIpc) is 3.42. The Bertz CT molecular complexity index is 1380. The molecule has 5 rings (SSSR count). The van der Waals surface area contributed by atoms with Crippen molar-refractivity contribution < 1.29 is 14.3 Å². The fourth-order valence-corrected chi connectivity index (χ4v) is 5.10. The molecule has 37 heavy (non-hydrogen) atoms. The van der Waals surface area contributed by atoms with Crippen LogP contribution in [0.2, 0.25) is 0 Å². The smallest absolute Gasteiger partial charge is 0.316 e. The summed E-state index contributed by atoms with van der Waals surface area (Å²) in [5, 5.41) is 8.18. The number of hydrogen-bond acceptors (Lipinski definition) is 9. The molecule has 0 saturated carbocycles. The van der Waals surface area contributed by atoms with Gasteiger partial charge in [-0.2, -0.15) is 0 Å². The molecular formula is C25H22BrN7O3S. The summed E-state index contributed by atoms with van der Waals surface area (Å²) in [5.41, 5.74) is 1.91. The molecule has 0 aliphatic carbocycles. The van der Waals surface area contributed by atoms with E-state index in [1.165, 1.54) is 11.3 Å². The second-order valence-corrected chi connectivity index (χ2v) is 9.89. The molecule has 0 bridgehead atoms. The van der Waals surface area contributed by atoms with Gasteiger partial charge in [0.05, 0.1) is 17.6 Å². The van der Waals surface area contributed by atoms with Crippen LogP contribution in [0.3, 0.4) is 0 Å². The molecule has 188 valence electrons. The number of amides is 2. The van der Waals surface area contributed by atoms with Crippen LogP contribution in [0, 0.1) is 0 Å². The topological polar surface area (TPSA) is 122 Å². The number of aromatic nitrogens is 4. The maximum absolute atomic E-state index is 12.9. The van der Waals surface area contributed by atoms with E-state index in [9.17, 15) is 9.59 Å². The molecule has 12 heteroatoms. The molecule has 2 N–H and O–H groups in total. The minimum atomic E-state index is -0.324. The fourth-order valence-electron chi connectivity index (χ4n) is 3.76. The quantitative estimate of drug-likeness (QED) is 0.324. The number of nitrogens with one attached hydrogen (secondary N) is 2. The number of anilines is 3. The van der Waals surface area contributed by atoms with Gasteiger partial charge in [0.2, 0.25) is 0 Å². The largest absolute Gasteiger partial charge is 0.460 e. The normalized spacial score (nSPS) is 13.7. The van der Waals surface area contributed by atoms with Crippen LogP contribution in [0.25, 0.3) is 0 Å². The van der Waals surface area contributed by atoms with E-state index in [0.717, 1.165) is 31.1 Å². The highest BCUT2D eigenvalue weighted by molar-refractivity contribution is 9.10. The number of rotatable bonds is 7. The number of thiazole rings is 1. The highest BCUT2D eigenvalue weighted by Crippen LogP contribution is 2.28. The van der Waals surface area contributed by atoms with Crippen molar-refractivity contribution >= 4 is 55.6 Å². The second-order valence-electron chi connectivity index (χ2n) is 8.20. The van der Waals surface area contributed by atoms with E-state index in [-0.39, 0.29) is 17.9 Å². The van der Waals surface area contributed by atoms with E-state index < -0.39 is 0 Å². The van der Waals surface area contributed by atoms with Gasteiger partial charge in [-0.1, -0.05) is 0 Å². The predicted molar refractivity (Wildman–Crippen MR) is 144 cm³/mol. The van der Waals surface area contributed by atoms with E-state index >= 15 is 0 Å². The monoisotopic (exact) mass is 579 g/mol. The Morgan fingerprint density at radius 1 is 1.03 bits per heavy atom. The third-order valence-electron chi connectivity index (χ3n) is 5.65. The van der Waals surface area contributed by atoms with Crippen molar-refractivity contribution in [2.24, 2.45) is 0 Å². The fraction of sp³-hybridized carbons (Fsp3) is 0.200. The third kappa shape index (κ3) is 6.27. The lowest BCUT2D eigenvalue weighted by atomic mass is 10.1. The number of hydrogen-bond donors (Lipinski definition) is 2. The van der Waals surface area contributed by atoms with Gasteiger partial charge in [0, 0.05) is 59.9 Å². The minimum absolute atomic E-state index is 0.0492. The van der Waals surface area contributed by atoms with Crippen LogP contribution in [0.1, 0.15) is 33.7 Å². The van der Waals surface area contributed by atoms with Crippen LogP contribution in [0.4, 0.5) is 16.5 Å². The molecule has 10 nitrogen and oxygen atoms in total. The second kappa shape index (κ2) is 11.4. The molecule has 1 aliphatic heterocycles. The van der Waals surface area contributed by atoms with E-state index in [0.29, 0.717) is 33.1 Å². The lowest BCUT2D eigenvalue weighted by Gasteiger charge is -2.31. The summed E-state index contributed by atoms with van der Waals surface area (Å²) in [6, 6.07) is 10.6. The van der Waals surface area contributed by atoms with Crippen LogP contribution < -0.4 is 20.3 Å². The van der Waals surface area contributed by atoms with Gasteiger partial charge in [-0.3, -0.25) is 14.6 Å². The SMILES string of the molecule is O=C(Nc1cccnc1)c1ccc(NC(=O)c2csc(N3CCC(Oc4ncccn4)CC3)n2)c(Br)c1. The van der Waals surface area contributed by atoms with Crippen LogP contribution in [0.15, 0.2) is 71.0 Å². The van der Waals surface area contributed by atoms with Crippen molar-refractivity contribution in [2.45, 2.75) is 18.9 Å². The number of halogens is 1. The first-order valence-corrected chi connectivity index (χ1v) is 13.2. The Balaban J connectivity index is 1.16. The van der Waals surface area contributed by atoms with Crippen molar-refractivity contribution in [2.75, 3.05) is 28.6 Å². The molecule has 0 spiro atoms. The first-order chi connectivity index (χ1) is 18.0. The van der Waals surface area contributed by atoms with Gasteiger partial charge in [-0.05, 0) is 52.3 Å². The minimum Gasteiger partial charge on any atom is -0.460 e. The summed E-state index contributed by atoms with van der Waals surface area (Å²) >= 11 is 4.88. The van der Waals surface area contributed by atoms with Gasteiger partial charge >= 0.3 is 6.01 Å². The molecular weight excluding hydrogens is 558 g/mol. The number of carbonyl (C=O) groups is 2. The molecule has 2 amide bonds. The first kappa shape index (κ1) is 24.8. The number of piperidine rings is 1. The van der Waals surface area contributed by atoms with E-state index in [1.807, 2.05) is 0 Å². The predicted octanol–water partition coefficient (Wildman–Crippen LogP) is 4.64. The lowest BCUT2D eigenvalue weighted by Crippen LogP contribution is -2.38. The summed E-state index contributed by atoms with van der Waals surface area (Å²) in [6.45, 7) is 1.53. The Kier molecular flexibility index (Phi) is 7.66. The van der Waals surface area contributed by atoms with E-state index in [4.69, 9.17) is 4.74 Å². The zero-order valence-corrected chi connectivity index (χ0v) is 21.9. The van der Waals surface area contributed by atoms with Crippen molar-refractivity contribution in [1.29, 1.82) is 0 Å². The van der Waals surface area contributed by atoms with E-state index in [2.05, 4.69) is 51.4 Å². The van der Waals surface area contributed by atoms with Gasteiger partial charge in [-0.15, -0.1) is 11.3 Å². The maximum atomic E-state index is 12.9. The highest BCUT2D eigenvalue weighted by atomic mass is 79.9. The Morgan fingerprint density at radius 2 is 1.84 bits per heavy atom. The summed E-state index contributed by atoms with van der Waals surface area (Å²) in [7, 11) is 0. The zero-order valence-electron chi connectivity index (χ0n) is 19.5. The summed E-state index contributed by atoms with van der Waals surface area (Å²) in [5.74, 6) is -0.601. The molecule has 0 unspecified atom stereocenters. The van der Waals surface area contributed by atoms with Gasteiger partial charge in [0.1, 0.15) is 11.8 Å². The Hall–Kier alpha value is -3.90. The summed E-state index contributed by atoms with van der Waals surface area (Å²) in [6.07, 6.45) is 8.20. The molecule has 0 atom stereocenters. The van der Waals surface area contributed by atoms with Crippen LogP contribution >= 0.6 is 27.3 Å². The van der Waals surface area contributed by atoms with Crippen molar-refractivity contribution in [3.63, 3.8) is 0 Å². The summed E-state index contributed by atoms with van der Waals surface area (Å²) < 4.78 is 6.43. The lowest BCUT2D eigenvalue weighted by molar-refractivity contribution is 0.101. The van der Waals surface area contributed by atoms with Crippen molar-refractivity contribution in [3.05, 3.63) is 82.3 Å². The standard InChI is InChI=1S/C25H22BrN7O3S/c26-19-13-16(22(34)30-17-3-1-8-27-14-17)4-5-20(19)31-23(35)21-15-37-25(32-21)33-11-6-18(7-12-33)36-24-28-9-2-10-29-24/h1-5,8-10,13-15,18H,6-7,11-12H2,(H,30,34)(H,31,35). The first-order valence-electron chi connectivity index (χ1n) is 11.5. The van der Waals surface area contributed by atoms with Gasteiger partial charge in [-0.25, -0.2) is 15.0 Å². The molecule has 1 saturated heterocycles. The average molecular weight is 580 g/mol. The molecule has 3 aromatic heterocycles. The van der Waals surface area contributed by atoms with Gasteiger partial charge in [0.15, 0.2) is 5.13 Å². The molecule has 0 radical (unpaired) electrons. The molecule has 1 aliphatic rings. The highest BCUT2D eigenvalue weighted by Gasteiger charge is 2.24. The van der Waals surface area contributed by atoms with Crippen molar-refractivity contribution in [3.8, 4) is 6.01 Å². The van der Waals surface area contributed by atoms with Crippen LogP contribution in [0.5, 0.6) is 6.01 Å². The maximum Gasteiger partial charge on any atom is 0.316 e. The Labute approximate surface area is 225 Å². The van der Waals surface area contributed by atoms with Crippen molar-refractivity contribution in [1.82, 2.24) is 19.9 Å². The molecule has 1 fully saturated rings. The number of benzene rings is 1. The van der Waals surface area contributed by atoms with E-state index in [1.54, 1.807) is 66.6 Å². The number of ether oxygens (including phenoxy) is 1. The van der Waals surface area contributed by atoms with Crippen LogP contribution in [-0.2, 0) is 0 Å². The zero-order chi connectivity index (χ0) is 25.6. The molecule has 4 heterocycles. The summed E-state index contributed by atoms with van der Waals surface area (Å²) in [4.78, 5) is 44.3. The number of carbonyl (C=O) groups excluding carboxylic acids is 2. The molecule has 4 aromatic rings. The number of nitrogens with zero attached hydrogens (tertiary/aromatic N) is 5. The molecule has 1 aromatic carbocycles. The van der Waals surface area contributed by atoms with Gasteiger partial charge < -0.3 is 20.3 Å².